The second kappa shape index (κ2) is 6.62. The molecular formula is C21H22F4N6. The van der Waals surface area contributed by atoms with E-state index in [0.717, 1.165) is 24.8 Å². The van der Waals surface area contributed by atoms with Gasteiger partial charge in [-0.3, -0.25) is 5.10 Å². The van der Waals surface area contributed by atoms with Gasteiger partial charge in [0.15, 0.2) is 5.82 Å². The molecule has 0 radical (unpaired) electrons. The van der Waals surface area contributed by atoms with Crippen molar-refractivity contribution >= 4 is 16.7 Å². The van der Waals surface area contributed by atoms with Crippen LogP contribution in [0.4, 0.5) is 23.4 Å². The Balaban J connectivity index is 1.77. The first kappa shape index (κ1) is 20.2. The van der Waals surface area contributed by atoms with Crippen LogP contribution >= 0.6 is 0 Å². The largest absolute Gasteiger partial charge is 0.418 e. The molecule has 0 aromatic carbocycles. The van der Waals surface area contributed by atoms with Crippen molar-refractivity contribution in [2.75, 3.05) is 18.8 Å². The maximum atomic E-state index is 15.6. The lowest BCUT2D eigenvalue weighted by molar-refractivity contribution is -0.137. The van der Waals surface area contributed by atoms with Crippen molar-refractivity contribution in [3.8, 4) is 11.3 Å². The number of piperidine rings is 1. The Morgan fingerprint density at radius 3 is 2.45 bits per heavy atom. The van der Waals surface area contributed by atoms with E-state index >= 15 is 4.39 Å². The number of alkyl halides is 3. The number of pyridine rings is 2. The second-order valence-corrected chi connectivity index (χ2v) is 8.74. The molecule has 1 aliphatic carbocycles. The Hall–Kier alpha value is -2.75. The number of hydrogen-bond donors (Lipinski definition) is 3. The molecule has 0 amide bonds. The molecule has 6 nitrogen and oxygen atoms in total. The molecule has 31 heavy (non-hydrogen) atoms. The number of halogens is 4. The molecule has 1 saturated heterocycles. The Labute approximate surface area is 175 Å². The molecule has 4 heterocycles. The standard InChI is InChI=1S/C21H22F4N6/c1-7(2)17-14-19(13-10-5-27-6-11(10)13)30-31-20(14)16(22)18(29-17)9-4-12(26)28-8(3)15(9)21(23,24)25/h4,7,10-11,13,27H,5-6H2,1-3H3,(H2,26,28)(H,30,31)/t10-,11?,13?/m0/s1. The first-order valence-electron chi connectivity index (χ1n) is 10.2. The minimum Gasteiger partial charge on any atom is -0.384 e. The van der Waals surface area contributed by atoms with Crippen LogP contribution in [0.5, 0.6) is 0 Å². The summed E-state index contributed by atoms with van der Waals surface area (Å²) < 4.78 is 57.1. The van der Waals surface area contributed by atoms with Gasteiger partial charge in [-0.15, -0.1) is 0 Å². The van der Waals surface area contributed by atoms with Crippen LogP contribution in [0.1, 0.15) is 48.3 Å². The van der Waals surface area contributed by atoms with Crippen LogP contribution in [0.3, 0.4) is 0 Å². The molecule has 1 saturated carbocycles. The highest BCUT2D eigenvalue weighted by Crippen LogP contribution is 2.57. The third-order valence-electron chi connectivity index (χ3n) is 6.43. The van der Waals surface area contributed by atoms with Crippen LogP contribution in [0.25, 0.3) is 22.2 Å². The number of hydrogen-bond acceptors (Lipinski definition) is 5. The van der Waals surface area contributed by atoms with Crippen molar-refractivity contribution < 1.29 is 17.6 Å². The van der Waals surface area contributed by atoms with E-state index in [1.807, 2.05) is 13.8 Å². The van der Waals surface area contributed by atoms with Crippen molar-refractivity contribution in [3.05, 3.63) is 34.5 Å². The minimum absolute atomic E-state index is 0.0165. The van der Waals surface area contributed by atoms with E-state index in [1.165, 1.54) is 6.92 Å². The van der Waals surface area contributed by atoms with Gasteiger partial charge < -0.3 is 11.1 Å². The van der Waals surface area contributed by atoms with Gasteiger partial charge in [-0.25, -0.2) is 14.4 Å². The highest BCUT2D eigenvalue weighted by atomic mass is 19.4. The van der Waals surface area contributed by atoms with Crippen LogP contribution in [0.15, 0.2) is 6.07 Å². The summed E-state index contributed by atoms with van der Waals surface area (Å²) in [6, 6.07) is 1.03. The average Bonchev–Trinajstić information content (AvgIpc) is 3.03. The van der Waals surface area contributed by atoms with E-state index in [0.29, 0.717) is 22.9 Å². The van der Waals surface area contributed by atoms with Gasteiger partial charge in [0.25, 0.3) is 0 Å². The first-order chi connectivity index (χ1) is 14.6. The van der Waals surface area contributed by atoms with E-state index in [1.54, 1.807) is 0 Å². The molecule has 0 spiro atoms. The Morgan fingerprint density at radius 1 is 1.16 bits per heavy atom. The molecule has 2 fully saturated rings. The third kappa shape index (κ3) is 2.99. The van der Waals surface area contributed by atoms with Crippen molar-refractivity contribution in [3.63, 3.8) is 0 Å². The molecular weight excluding hydrogens is 412 g/mol. The minimum atomic E-state index is -4.74. The summed E-state index contributed by atoms with van der Waals surface area (Å²) in [6.07, 6.45) is -4.74. The smallest absolute Gasteiger partial charge is 0.384 e. The SMILES string of the molecule is Cc1nc(N)cc(-c2nc(C(C)C)c3c(C4C5CNC[C@@H]54)[nH]nc3c2F)c1C(F)(F)F. The zero-order valence-electron chi connectivity index (χ0n) is 17.2. The lowest BCUT2D eigenvalue weighted by Gasteiger charge is -2.18. The maximum Gasteiger partial charge on any atom is 0.418 e. The number of anilines is 1. The van der Waals surface area contributed by atoms with Gasteiger partial charge in [0, 0.05) is 22.6 Å². The van der Waals surface area contributed by atoms with Crippen molar-refractivity contribution in [1.29, 1.82) is 0 Å². The van der Waals surface area contributed by atoms with E-state index in [9.17, 15) is 13.2 Å². The molecule has 3 aromatic rings. The Kier molecular flexibility index (Phi) is 4.31. The number of aromatic nitrogens is 4. The highest BCUT2D eigenvalue weighted by Gasteiger charge is 2.55. The lowest BCUT2D eigenvalue weighted by atomic mass is 9.97. The number of nitrogen functional groups attached to an aromatic ring is 1. The predicted molar refractivity (Wildman–Crippen MR) is 108 cm³/mol. The Bertz CT molecular complexity index is 1190. The number of nitrogens with one attached hydrogen (secondary N) is 2. The molecule has 3 atom stereocenters. The molecule has 164 valence electrons. The monoisotopic (exact) mass is 434 g/mol. The van der Waals surface area contributed by atoms with Crippen LogP contribution in [0.2, 0.25) is 0 Å². The molecule has 10 heteroatoms. The zero-order chi connectivity index (χ0) is 22.2. The van der Waals surface area contributed by atoms with Crippen molar-refractivity contribution in [2.24, 2.45) is 11.8 Å². The normalized spacial score (nSPS) is 23.0. The maximum absolute atomic E-state index is 15.6. The molecule has 1 aliphatic heterocycles. The van der Waals surface area contributed by atoms with Crippen molar-refractivity contribution in [2.45, 2.75) is 38.8 Å². The van der Waals surface area contributed by atoms with Gasteiger partial charge in [0.05, 0.1) is 17.0 Å². The Morgan fingerprint density at radius 2 is 1.84 bits per heavy atom. The van der Waals surface area contributed by atoms with Crippen molar-refractivity contribution in [1.82, 2.24) is 25.5 Å². The van der Waals surface area contributed by atoms with E-state index in [4.69, 9.17) is 5.73 Å². The van der Waals surface area contributed by atoms with Crippen LogP contribution in [-0.4, -0.2) is 33.3 Å². The fourth-order valence-electron chi connectivity index (χ4n) is 5.04. The average molecular weight is 434 g/mol. The highest BCUT2D eigenvalue weighted by molar-refractivity contribution is 5.89. The fourth-order valence-corrected chi connectivity index (χ4v) is 5.04. The van der Waals surface area contributed by atoms with E-state index < -0.39 is 28.8 Å². The van der Waals surface area contributed by atoms with Crippen LogP contribution < -0.4 is 11.1 Å². The molecule has 5 rings (SSSR count). The summed E-state index contributed by atoms with van der Waals surface area (Å²) in [5.41, 5.74) is 4.89. The quantitative estimate of drug-likeness (QED) is 0.539. The number of nitrogens with two attached hydrogens (primary N) is 1. The number of fused-ring (bicyclic) bond motifs is 2. The predicted octanol–water partition coefficient (Wildman–Crippen LogP) is 4.12. The van der Waals surface area contributed by atoms with Gasteiger partial charge in [-0.1, -0.05) is 13.8 Å². The molecule has 3 aromatic heterocycles. The second-order valence-electron chi connectivity index (χ2n) is 8.74. The molecule has 0 bridgehead atoms. The zero-order valence-corrected chi connectivity index (χ0v) is 17.2. The first-order valence-corrected chi connectivity index (χ1v) is 10.2. The summed E-state index contributed by atoms with van der Waals surface area (Å²) in [6.45, 7) is 6.75. The molecule has 2 aliphatic rings. The number of nitrogens with zero attached hydrogens (tertiary/aromatic N) is 3. The van der Waals surface area contributed by atoms with Gasteiger partial charge >= 0.3 is 6.18 Å². The van der Waals surface area contributed by atoms with E-state index in [-0.39, 0.29) is 28.9 Å². The van der Waals surface area contributed by atoms with Gasteiger partial charge in [-0.2, -0.15) is 18.3 Å². The summed E-state index contributed by atoms with van der Waals surface area (Å²) in [5.74, 6) is -0.00288. The fraction of sp³-hybridized carbons (Fsp3) is 0.476. The summed E-state index contributed by atoms with van der Waals surface area (Å²) in [7, 11) is 0. The van der Waals surface area contributed by atoms with Gasteiger partial charge in [0.2, 0.25) is 0 Å². The molecule has 2 unspecified atom stereocenters. The number of H-pyrrole nitrogens is 1. The lowest BCUT2D eigenvalue weighted by Crippen LogP contribution is -2.15. The summed E-state index contributed by atoms with van der Waals surface area (Å²) >= 11 is 0. The number of aryl methyl sites for hydroxylation is 1. The van der Waals surface area contributed by atoms with Crippen LogP contribution in [0, 0.1) is 24.6 Å². The third-order valence-corrected chi connectivity index (χ3v) is 6.43. The topological polar surface area (TPSA) is 92.5 Å². The molecule has 4 N–H and O–H groups in total. The van der Waals surface area contributed by atoms with Gasteiger partial charge in [-0.05, 0) is 43.8 Å². The number of rotatable bonds is 3. The van der Waals surface area contributed by atoms with Crippen LogP contribution in [-0.2, 0) is 6.18 Å². The van der Waals surface area contributed by atoms with Gasteiger partial charge in [0.1, 0.15) is 17.0 Å². The van der Waals surface area contributed by atoms with E-state index in [2.05, 4.69) is 25.5 Å². The summed E-state index contributed by atoms with van der Waals surface area (Å²) in [5, 5.41) is 11.1. The number of aromatic amines is 1. The summed E-state index contributed by atoms with van der Waals surface area (Å²) in [4.78, 5) is 8.15.